The standard InChI is InChI=1S/C19H13ClFNO3S/c1-11(17(23)12-5-7-15(21)8-6-12)25-19(24)16-10-26-18(22-16)13-3-2-4-14(20)9-13/h2-11H,1H3/t11-/m1/s1. The number of ketones is 1. The molecule has 132 valence electrons. The van der Waals surface area contributed by atoms with Gasteiger partial charge in [-0.3, -0.25) is 4.79 Å². The zero-order valence-electron chi connectivity index (χ0n) is 13.6. The first kappa shape index (κ1) is 18.2. The normalized spacial score (nSPS) is 11.8. The summed E-state index contributed by atoms with van der Waals surface area (Å²) in [5.74, 6) is -1.55. The smallest absolute Gasteiger partial charge is 0.358 e. The number of benzene rings is 2. The van der Waals surface area contributed by atoms with Crippen molar-refractivity contribution in [2.24, 2.45) is 0 Å². The molecule has 4 nitrogen and oxygen atoms in total. The van der Waals surface area contributed by atoms with Gasteiger partial charge in [0.15, 0.2) is 11.8 Å². The maximum atomic E-state index is 12.9. The summed E-state index contributed by atoms with van der Waals surface area (Å²) in [6.07, 6.45) is -1.01. The fourth-order valence-electron chi connectivity index (χ4n) is 2.24. The lowest BCUT2D eigenvalue weighted by Crippen LogP contribution is -2.24. The van der Waals surface area contributed by atoms with E-state index in [1.165, 1.54) is 42.5 Å². The molecule has 26 heavy (non-hydrogen) atoms. The van der Waals surface area contributed by atoms with Crippen LogP contribution in [0.5, 0.6) is 0 Å². The predicted molar refractivity (Wildman–Crippen MR) is 98.2 cm³/mol. The van der Waals surface area contributed by atoms with Crippen LogP contribution in [0.15, 0.2) is 53.9 Å². The van der Waals surface area contributed by atoms with Crippen molar-refractivity contribution < 1.29 is 18.7 Å². The second-order valence-corrected chi connectivity index (χ2v) is 6.76. The number of hydrogen-bond acceptors (Lipinski definition) is 5. The maximum Gasteiger partial charge on any atom is 0.358 e. The van der Waals surface area contributed by atoms with Gasteiger partial charge >= 0.3 is 5.97 Å². The Kier molecular flexibility index (Phi) is 5.44. The number of hydrogen-bond donors (Lipinski definition) is 0. The van der Waals surface area contributed by atoms with Crippen molar-refractivity contribution in [2.75, 3.05) is 0 Å². The van der Waals surface area contributed by atoms with Gasteiger partial charge in [0, 0.05) is 21.5 Å². The number of rotatable bonds is 5. The minimum absolute atomic E-state index is 0.115. The molecule has 0 N–H and O–H groups in total. The van der Waals surface area contributed by atoms with E-state index < -0.39 is 23.7 Å². The number of nitrogens with zero attached hydrogens (tertiary/aromatic N) is 1. The summed E-state index contributed by atoms with van der Waals surface area (Å²) in [6, 6.07) is 12.2. The fourth-order valence-corrected chi connectivity index (χ4v) is 3.22. The monoisotopic (exact) mass is 389 g/mol. The number of ether oxygens (including phenoxy) is 1. The first-order chi connectivity index (χ1) is 12.4. The largest absolute Gasteiger partial charge is 0.450 e. The van der Waals surface area contributed by atoms with Crippen LogP contribution in [0.25, 0.3) is 10.6 Å². The molecular formula is C19H13ClFNO3S. The van der Waals surface area contributed by atoms with Gasteiger partial charge in [-0.2, -0.15) is 0 Å². The van der Waals surface area contributed by atoms with Crippen LogP contribution in [0.3, 0.4) is 0 Å². The lowest BCUT2D eigenvalue weighted by atomic mass is 10.1. The van der Waals surface area contributed by atoms with E-state index in [2.05, 4.69) is 4.98 Å². The van der Waals surface area contributed by atoms with Crippen LogP contribution in [0, 0.1) is 5.82 Å². The molecule has 0 saturated heterocycles. The number of thiazole rings is 1. The van der Waals surface area contributed by atoms with Crippen molar-refractivity contribution in [3.05, 3.63) is 76.0 Å². The Morgan fingerprint density at radius 2 is 1.92 bits per heavy atom. The molecule has 2 aromatic carbocycles. The first-order valence-corrected chi connectivity index (χ1v) is 8.92. The van der Waals surface area contributed by atoms with Crippen LogP contribution in [0.4, 0.5) is 4.39 Å². The summed E-state index contributed by atoms with van der Waals surface area (Å²) in [6.45, 7) is 1.47. The van der Waals surface area contributed by atoms with Crippen molar-refractivity contribution in [1.29, 1.82) is 0 Å². The second kappa shape index (κ2) is 7.76. The third-order valence-electron chi connectivity index (χ3n) is 3.57. The van der Waals surface area contributed by atoms with E-state index in [1.54, 1.807) is 23.6 Å². The SMILES string of the molecule is C[C@@H](OC(=O)c1csc(-c2cccc(Cl)c2)n1)C(=O)c1ccc(F)cc1. The highest BCUT2D eigenvalue weighted by atomic mass is 35.5. The minimum Gasteiger partial charge on any atom is -0.450 e. The third-order valence-corrected chi connectivity index (χ3v) is 4.69. The van der Waals surface area contributed by atoms with Crippen molar-refractivity contribution in [2.45, 2.75) is 13.0 Å². The molecule has 1 atom stereocenters. The molecule has 3 rings (SSSR count). The van der Waals surface area contributed by atoms with Gasteiger partial charge in [0.2, 0.25) is 5.78 Å². The molecule has 0 amide bonds. The zero-order chi connectivity index (χ0) is 18.7. The molecule has 0 aliphatic heterocycles. The molecular weight excluding hydrogens is 377 g/mol. The lowest BCUT2D eigenvalue weighted by molar-refractivity contribution is 0.0314. The van der Waals surface area contributed by atoms with Gasteiger partial charge in [0.05, 0.1) is 0 Å². The molecule has 1 aromatic heterocycles. The van der Waals surface area contributed by atoms with Crippen LogP contribution in [-0.4, -0.2) is 22.8 Å². The van der Waals surface area contributed by atoms with Gasteiger partial charge in [0.25, 0.3) is 0 Å². The fraction of sp³-hybridized carbons (Fsp3) is 0.105. The van der Waals surface area contributed by atoms with Crippen molar-refractivity contribution >= 4 is 34.7 Å². The maximum absolute atomic E-state index is 12.9. The van der Waals surface area contributed by atoms with E-state index >= 15 is 0 Å². The number of esters is 1. The van der Waals surface area contributed by atoms with Gasteiger partial charge in [-0.15, -0.1) is 11.3 Å². The third kappa shape index (κ3) is 4.15. The van der Waals surface area contributed by atoms with E-state index in [1.807, 2.05) is 6.07 Å². The number of carbonyl (C=O) groups excluding carboxylic acids is 2. The van der Waals surface area contributed by atoms with Crippen LogP contribution < -0.4 is 0 Å². The highest BCUT2D eigenvalue weighted by Gasteiger charge is 2.22. The van der Waals surface area contributed by atoms with Crippen molar-refractivity contribution in [3.63, 3.8) is 0 Å². The molecule has 0 spiro atoms. The van der Waals surface area contributed by atoms with Gasteiger partial charge in [-0.05, 0) is 43.3 Å². The molecule has 0 aliphatic carbocycles. The van der Waals surface area contributed by atoms with Gasteiger partial charge in [-0.25, -0.2) is 14.2 Å². The molecule has 0 saturated carbocycles. The van der Waals surface area contributed by atoms with Crippen molar-refractivity contribution in [1.82, 2.24) is 4.98 Å². The van der Waals surface area contributed by atoms with E-state index in [0.29, 0.717) is 10.0 Å². The molecule has 7 heteroatoms. The summed E-state index contributed by atoms with van der Waals surface area (Å²) >= 11 is 7.24. The van der Waals surface area contributed by atoms with Crippen LogP contribution in [0.2, 0.25) is 5.02 Å². The Labute approximate surface area is 158 Å². The molecule has 0 aliphatic rings. The van der Waals surface area contributed by atoms with Crippen molar-refractivity contribution in [3.8, 4) is 10.6 Å². The lowest BCUT2D eigenvalue weighted by Gasteiger charge is -2.11. The highest BCUT2D eigenvalue weighted by Crippen LogP contribution is 2.26. The molecule has 0 radical (unpaired) electrons. The van der Waals surface area contributed by atoms with E-state index in [0.717, 1.165) is 5.56 Å². The Balaban J connectivity index is 1.70. The minimum atomic E-state index is -1.01. The quantitative estimate of drug-likeness (QED) is 0.453. The summed E-state index contributed by atoms with van der Waals surface area (Å²) in [7, 11) is 0. The number of aromatic nitrogens is 1. The molecule has 0 fully saturated rings. The van der Waals surface area contributed by atoms with E-state index in [-0.39, 0.29) is 11.3 Å². The highest BCUT2D eigenvalue weighted by molar-refractivity contribution is 7.13. The van der Waals surface area contributed by atoms with Crippen LogP contribution in [-0.2, 0) is 4.74 Å². The van der Waals surface area contributed by atoms with Gasteiger partial charge in [-0.1, -0.05) is 23.7 Å². The Hall–Kier alpha value is -2.57. The van der Waals surface area contributed by atoms with E-state index in [9.17, 15) is 14.0 Å². The van der Waals surface area contributed by atoms with Gasteiger partial charge < -0.3 is 4.74 Å². The summed E-state index contributed by atoms with van der Waals surface area (Å²) < 4.78 is 18.1. The summed E-state index contributed by atoms with van der Waals surface area (Å²) in [4.78, 5) is 28.7. The number of carbonyl (C=O) groups is 2. The molecule has 3 aromatic rings. The molecule has 1 heterocycles. The van der Waals surface area contributed by atoms with Crippen LogP contribution in [0.1, 0.15) is 27.8 Å². The summed E-state index contributed by atoms with van der Waals surface area (Å²) in [5, 5.41) is 2.76. The predicted octanol–water partition coefficient (Wildman–Crippen LogP) is 5.03. The Bertz CT molecular complexity index is 955. The van der Waals surface area contributed by atoms with Gasteiger partial charge in [0.1, 0.15) is 10.8 Å². The Morgan fingerprint density at radius 3 is 2.62 bits per heavy atom. The van der Waals surface area contributed by atoms with Crippen LogP contribution >= 0.6 is 22.9 Å². The molecule has 0 unspecified atom stereocenters. The number of Topliss-reactive ketones (excluding diaryl/α,β-unsaturated/α-hetero) is 1. The average Bonchev–Trinajstić information content (AvgIpc) is 3.12. The molecule has 0 bridgehead atoms. The number of halogens is 2. The summed E-state index contributed by atoms with van der Waals surface area (Å²) in [5.41, 5.74) is 1.17. The second-order valence-electron chi connectivity index (χ2n) is 5.47. The topological polar surface area (TPSA) is 56.3 Å². The Morgan fingerprint density at radius 1 is 1.19 bits per heavy atom. The average molecular weight is 390 g/mol. The first-order valence-electron chi connectivity index (χ1n) is 7.66. The zero-order valence-corrected chi connectivity index (χ0v) is 15.2. The van der Waals surface area contributed by atoms with E-state index in [4.69, 9.17) is 16.3 Å².